The van der Waals surface area contributed by atoms with Gasteiger partial charge in [-0.3, -0.25) is 9.59 Å². The highest BCUT2D eigenvalue weighted by Crippen LogP contribution is 2.18. The Balaban J connectivity index is 0. The summed E-state index contributed by atoms with van der Waals surface area (Å²) in [5.41, 5.74) is 0.174. The number of carboxylic acid groups (broad SMARTS) is 2. The second-order valence-electron chi connectivity index (χ2n) is 4.92. The monoisotopic (exact) mass is 424 g/mol. The maximum absolute atomic E-state index is 11.2. The van der Waals surface area contributed by atoms with Crippen LogP contribution >= 0.6 is 0 Å². The van der Waals surface area contributed by atoms with E-state index in [4.69, 9.17) is 30.0 Å². The molecule has 0 bridgehead atoms. The van der Waals surface area contributed by atoms with Crippen LogP contribution in [0.4, 0.5) is 0 Å². The minimum atomic E-state index is -1.11. The zero-order chi connectivity index (χ0) is 23.7. The molecule has 0 unspecified atom stereocenters. The van der Waals surface area contributed by atoms with Crippen LogP contribution in [0.25, 0.3) is 0 Å². The SMILES string of the molecule is CC(=O)O.CO.COC(=O)c1ccccc1OC(C)=O.O=C(O)c1ccccc1O. The molecule has 0 aliphatic carbocycles. The normalized spacial score (nSPS) is 8.43. The van der Waals surface area contributed by atoms with Crippen LogP contribution in [0.3, 0.4) is 0 Å². The summed E-state index contributed by atoms with van der Waals surface area (Å²) in [4.78, 5) is 41.2. The molecule has 0 aromatic heterocycles. The summed E-state index contributed by atoms with van der Waals surface area (Å²) >= 11 is 0. The fraction of sp³-hybridized carbons (Fsp3) is 0.200. The molecule has 10 heteroatoms. The smallest absolute Gasteiger partial charge is 0.341 e. The molecule has 0 fully saturated rings. The number of benzene rings is 2. The van der Waals surface area contributed by atoms with Crippen molar-refractivity contribution in [1.82, 2.24) is 0 Å². The van der Waals surface area contributed by atoms with Crippen molar-refractivity contribution < 1.29 is 49.1 Å². The van der Waals surface area contributed by atoms with Crippen LogP contribution in [0.15, 0.2) is 48.5 Å². The molecule has 0 saturated carbocycles. The molecule has 0 radical (unpaired) electrons. The molecular formula is C20H24O10. The molecule has 0 aliphatic rings. The number of aliphatic hydroxyl groups is 1. The maximum Gasteiger partial charge on any atom is 0.341 e. The highest BCUT2D eigenvalue weighted by molar-refractivity contribution is 5.93. The van der Waals surface area contributed by atoms with E-state index in [1.54, 1.807) is 24.3 Å². The summed E-state index contributed by atoms with van der Waals surface area (Å²) in [7, 11) is 2.27. The molecule has 0 spiro atoms. The maximum atomic E-state index is 11.2. The third-order valence-corrected chi connectivity index (χ3v) is 2.68. The molecule has 30 heavy (non-hydrogen) atoms. The van der Waals surface area contributed by atoms with E-state index in [1.807, 2.05) is 0 Å². The highest BCUT2D eigenvalue weighted by atomic mass is 16.5. The topological polar surface area (TPSA) is 168 Å². The lowest BCUT2D eigenvalue weighted by atomic mass is 10.2. The van der Waals surface area contributed by atoms with Gasteiger partial charge < -0.3 is 29.9 Å². The van der Waals surface area contributed by atoms with E-state index in [0.717, 1.165) is 14.0 Å². The zero-order valence-electron chi connectivity index (χ0n) is 16.9. The summed E-state index contributed by atoms with van der Waals surface area (Å²) in [6.45, 7) is 2.36. The van der Waals surface area contributed by atoms with Crippen molar-refractivity contribution in [2.24, 2.45) is 0 Å². The van der Waals surface area contributed by atoms with Gasteiger partial charge in [-0.1, -0.05) is 24.3 Å². The largest absolute Gasteiger partial charge is 0.507 e. The molecule has 10 nitrogen and oxygen atoms in total. The van der Waals surface area contributed by atoms with Gasteiger partial charge in [0.15, 0.2) is 0 Å². The number of aliphatic carboxylic acids is 1. The van der Waals surface area contributed by atoms with Gasteiger partial charge in [-0.15, -0.1) is 0 Å². The third-order valence-electron chi connectivity index (χ3n) is 2.68. The number of para-hydroxylation sites is 2. The van der Waals surface area contributed by atoms with E-state index in [2.05, 4.69) is 4.74 Å². The molecule has 0 aliphatic heterocycles. The lowest BCUT2D eigenvalue weighted by Gasteiger charge is -2.05. The summed E-state index contributed by atoms with van der Waals surface area (Å²) in [6.07, 6.45) is 0. The molecule has 0 heterocycles. The first-order chi connectivity index (χ1) is 14.1. The molecule has 0 amide bonds. The number of rotatable bonds is 3. The van der Waals surface area contributed by atoms with Gasteiger partial charge in [0.2, 0.25) is 0 Å². The molecule has 0 atom stereocenters. The Kier molecular flexibility index (Phi) is 15.2. The quantitative estimate of drug-likeness (QED) is 0.423. The average Bonchev–Trinajstić information content (AvgIpc) is 2.69. The molecule has 2 aromatic rings. The van der Waals surface area contributed by atoms with E-state index < -0.39 is 23.9 Å². The van der Waals surface area contributed by atoms with Crippen LogP contribution in [0, 0.1) is 0 Å². The Hall–Kier alpha value is -3.92. The van der Waals surface area contributed by atoms with Gasteiger partial charge in [0.25, 0.3) is 5.97 Å². The lowest BCUT2D eigenvalue weighted by Crippen LogP contribution is -2.08. The van der Waals surface area contributed by atoms with Crippen molar-refractivity contribution in [3.05, 3.63) is 59.7 Å². The van der Waals surface area contributed by atoms with E-state index in [9.17, 15) is 14.4 Å². The second kappa shape index (κ2) is 16.1. The number of esters is 2. The number of carboxylic acids is 2. The van der Waals surface area contributed by atoms with Gasteiger partial charge in [-0.25, -0.2) is 9.59 Å². The Bertz CT molecular complexity index is 826. The highest BCUT2D eigenvalue weighted by Gasteiger charge is 2.13. The fourth-order valence-corrected chi connectivity index (χ4v) is 1.64. The van der Waals surface area contributed by atoms with Crippen LogP contribution in [-0.4, -0.2) is 58.5 Å². The van der Waals surface area contributed by atoms with Crippen molar-refractivity contribution in [1.29, 1.82) is 0 Å². The fourth-order valence-electron chi connectivity index (χ4n) is 1.64. The first kappa shape index (κ1) is 28.3. The third kappa shape index (κ3) is 12.5. The van der Waals surface area contributed by atoms with E-state index >= 15 is 0 Å². The average molecular weight is 424 g/mol. The van der Waals surface area contributed by atoms with Crippen molar-refractivity contribution in [3.8, 4) is 11.5 Å². The number of aromatic hydroxyl groups is 1. The van der Waals surface area contributed by atoms with Gasteiger partial charge >= 0.3 is 17.9 Å². The standard InChI is InChI=1S/C10H10O4.C7H6O3.C2H4O2.CH4O/c1-7(11)14-9-6-4-3-5-8(9)10(12)13-2;8-6-4-2-1-3-5(6)7(9)10;1-2(3)4;1-2/h3-6H,1-2H3;1-4,8H,(H,9,10);1H3,(H,3,4);2H,1H3. The number of hydrogen-bond donors (Lipinski definition) is 4. The number of phenols is 1. The van der Waals surface area contributed by atoms with Gasteiger partial charge in [-0.2, -0.15) is 0 Å². The van der Waals surface area contributed by atoms with Crippen LogP contribution in [-0.2, 0) is 14.3 Å². The van der Waals surface area contributed by atoms with Crippen LogP contribution < -0.4 is 4.74 Å². The number of carbonyl (C=O) groups excluding carboxylic acids is 2. The van der Waals surface area contributed by atoms with E-state index in [0.29, 0.717) is 0 Å². The Labute approximate surface area is 172 Å². The van der Waals surface area contributed by atoms with Crippen molar-refractivity contribution in [2.45, 2.75) is 13.8 Å². The lowest BCUT2D eigenvalue weighted by molar-refractivity contribution is -0.134. The van der Waals surface area contributed by atoms with Crippen LogP contribution in [0.5, 0.6) is 11.5 Å². The second-order valence-corrected chi connectivity index (χ2v) is 4.92. The molecule has 2 rings (SSSR count). The van der Waals surface area contributed by atoms with Gasteiger partial charge in [0.1, 0.15) is 22.6 Å². The van der Waals surface area contributed by atoms with E-state index in [-0.39, 0.29) is 22.6 Å². The van der Waals surface area contributed by atoms with Gasteiger partial charge in [0.05, 0.1) is 7.11 Å². The number of aliphatic hydroxyl groups excluding tert-OH is 1. The number of hydrogen-bond acceptors (Lipinski definition) is 8. The first-order valence-electron chi connectivity index (χ1n) is 8.11. The zero-order valence-corrected chi connectivity index (χ0v) is 16.9. The van der Waals surface area contributed by atoms with Crippen molar-refractivity contribution in [2.75, 3.05) is 14.2 Å². The summed E-state index contributed by atoms with van der Waals surface area (Å²) < 4.78 is 9.36. The predicted octanol–water partition coefficient (Wildman–Crippen LogP) is 2.19. The molecule has 0 saturated heterocycles. The Morgan fingerprint density at radius 1 is 0.800 bits per heavy atom. The van der Waals surface area contributed by atoms with Crippen LogP contribution in [0.2, 0.25) is 0 Å². The first-order valence-corrected chi connectivity index (χ1v) is 8.11. The van der Waals surface area contributed by atoms with Crippen molar-refractivity contribution in [3.63, 3.8) is 0 Å². The Morgan fingerprint density at radius 3 is 1.60 bits per heavy atom. The molecule has 2 aromatic carbocycles. The minimum Gasteiger partial charge on any atom is -0.507 e. The summed E-state index contributed by atoms with van der Waals surface area (Å²) in [5, 5.41) is 31.7. The number of ether oxygens (including phenoxy) is 2. The Morgan fingerprint density at radius 2 is 1.23 bits per heavy atom. The number of carbonyl (C=O) groups is 4. The van der Waals surface area contributed by atoms with Crippen molar-refractivity contribution >= 4 is 23.9 Å². The van der Waals surface area contributed by atoms with Crippen LogP contribution in [0.1, 0.15) is 34.6 Å². The van der Waals surface area contributed by atoms with Gasteiger partial charge in [-0.05, 0) is 24.3 Å². The number of methoxy groups -OCH3 is 1. The van der Waals surface area contributed by atoms with Gasteiger partial charge in [0, 0.05) is 21.0 Å². The molecule has 4 N–H and O–H groups in total. The molecule has 164 valence electrons. The number of aromatic carboxylic acids is 1. The summed E-state index contributed by atoms with van der Waals surface area (Å²) in [5.74, 6) is -2.93. The minimum absolute atomic E-state index is 0.0671. The predicted molar refractivity (Wildman–Crippen MR) is 106 cm³/mol. The molecular weight excluding hydrogens is 400 g/mol. The van der Waals surface area contributed by atoms with E-state index in [1.165, 1.54) is 38.3 Å². The summed E-state index contributed by atoms with van der Waals surface area (Å²) in [6, 6.07) is 12.2.